The molecule has 0 radical (unpaired) electrons. The predicted molar refractivity (Wildman–Crippen MR) is 81.7 cm³/mol. The van der Waals surface area contributed by atoms with Gasteiger partial charge in [-0.25, -0.2) is 0 Å². The highest BCUT2D eigenvalue weighted by atomic mass is 79.9. The van der Waals surface area contributed by atoms with Crippen LogP contribution in [0.4, 0.5) is 0 Å². The number of hydrazine groups is 1. The lowest BCUT2D eigenvalue weighted by Gasteiger charge is -2.04. The number of benzene rings is 1. The van der Waals surface area contributed by atoms with Gasteiger partial charge in [-0.15, -0.1) is 0 Å². The average molecular weight is 347 g/mol. The van der Waals surface area contributed by atoms with Crippen LogP contribution in [0.3, 0.4) is 0 Å². The number of H-pyrrole nitrogens is 2. The Morgan fingerprint density at radius 2 is 1.76 bits per heavy atom. The molecule has 4 N–H and O–H groups in total. The Kier molecular flexibility index (Phi) is 3.49. The second kappa shape index (κ2) is 5.45. The van der Waals surface area contributed by atoms with Crippen molar-refractivity contribution in [3.8, 4) is 0 Å². The van der Waals surface area contributed by atoms with Gasteiger partial charge in [-0.05, 0) is 30.3 Å². The van der Waals surface area contributed by atoms with Crippen molar-refractivity contribution in [1.82, 2.24) is 20.8 Å². The van der Waals surface area contributed by atoms with Crippen LogP contribution in [-0.2, 0) is 0 Å². The van der Waals surface area contributed by atoms with E-state index < -0.39 is 11.8 Å². The maximum absolute atomic E-state index is 12.0. The Morgan fingerprint density at radius 1 is 1.00 bits per heavy atom. The smallest absolute Gasteiger partial charge is 0.286 e. The van der Waals surface area contributed by atoms with Crippen molar-refractivity contribution in [2.45, 2.75) is 0 Å². The van der Waals surface area contributed by atoms with Gasteiger partial charge < -0.3 is 9.97 Å². The Morgan fingerprint density at radius 3 is 2.48 bits per heavy atom. The number of amides is 2. The van der Waals surface area contributed by atoms with Crippen molar-refractivity contribution in [1.29, 1.82) is 0 Å². The number of aromatic amines is 2. The standard InChI is InChI=1S/C14H11BrN4O2/c15-9-4-3-8-6-12(17-11(8)7-9)14(21)19-18-13(20)10-2-1-5-16-10/h1-7,16-17H,(H,18,20)(H,19,21). The van der Waals surface area contributed by atoms with Gasteiger partial charge >= 0.3 is 0 Å². The van der Waals surface area contributed by atoms with Crippen molar-refractivity contribution < 1.29 is 9.59 Å². The molecule has 0 aliphatic rings. The fraction of sp³-hybridized carbons (Fsp3) is 0. The molecule has 0 unspecified atom stereocenters. The molecule has 0 aliphatic heterocycles. The maximum atomic E-state index is 12.0. The van der Waals surface area contributed by atoms with Crippen LogP contribution in [0.2, 0.25) is 0 Å². The number of hydrogen-bond acceptors (Lipinski definition) is 2. The van der Waals surface area contributed by atoms with Crippen LogP contribution in [0, 0.1) is 0 Å². The van der Waals surface area contributed by atoms with E-state index in [-0.39, 0.29) is 0 Å². The van der Waals surface area contributed by atoms with E-state index in [0.29, 0.717) is 11.4 Å². The van der Waals surface area contributed by atoms with Gasteiger partial charge in [0.15, 0.2) is 0 Å². The van der Waals surface area contributed by atoms with Crippen LogP contribution >= 0.6 is 15.9 Å². The summed E-state index contributed by atoms with van der Waals surface area (Å²) < 4.78 is 0.920. The Bertz CT molecular complexity index is 808. The molecule has 2 amide bonds. The van der Waals surface area contributed by atoms with Crippen molar-refractivity contribution in [3.63, 3.8) is 0 Å². The van der Waals surface area contributed by atoms with Crippen LogP contribution in [0.5, 0.6) is 0 Å². The molecule has 0 spiro atoms. The summed E-state index contributed by atoms with van der Waals surface area (Å²) in [4.78, 5) is 29.4. The van der Waals surface area contributed by atoms with Crippen LogP contribution in [0.15, 0.2) is 47.1 Å². The molecule has 6 nitrogen and oxygen atoms in total. The van der Waals surface area contributed by atoms with E-state index in [1.807, 2.05) is 18.2 Å². The predicted octanol–water partition coefficient (Wildman–Crippen LogP) is 2.33. The van der Waals surface area contributed by atoms with E-state index in [9.17, 15) is 9.59 Å². The molecule has 0 atom stereocenters. The lowest BCUT2D eigenvalue weighted by molar-refractivity contribution is 0.0842. The largest absolute Gasteiger partial charge is 0.357 e. The summed E-state index contributed by atoms with van der Waals surface area (Å²) >= 11 is 3.37. The van der Waals surface area contributed by atoms with Gasteiger partial charge in [0.2, 0.25) is 0 Å². The first kappa shape index (κ1) is 13.4. The first-order chi connectivity index (χ1) is 10.1. The fourth-order valence-corrected chi connectivity index (χ4v) is 2.30. The molecule has 2 aromatic heterocycles. The quantitative estimate of drug-likeness (QED) is 0.536. The van der Waals surface area contributed by atoms with Crippen molar-refractivity contribution >= 4 is 38.6 Å². The summed E-state index contributed by atoms with van der Waals surface area (Å²) in [5, 5.41) is 0.916. The van der Waals surface area contributed by atoms with E-state index in [1.165, 1.54) is 0 Å². The third kappa shape index (κ3) is 2.82. The molecule has 2 heterocycles. The summed E-state index contributed by atoms with van der Waals surface area (Å²) in [6.45, 7) is 0. The first-order valence-electron chi connectivity index (χ1n) is 6.16. The Balaban J connectivity index is 1.70. The van der Waals surface area contributed by atoms with E-state index in [0.717, 1.165) is 15.4 Å². The number of carbonyl (C=O) groups excluding carboxylic acids is 2. The topological polar surface area (TPSA) is 89.8 Å². The molecule has 1 aromatic carbocycles. The van der Waals surface area contributed by atoms with Crippen LogP contribution in [0.1, 0.15) is 21.0 Å². The molecular formula is C14H11BrN4O2. The van der Waals surface area contributed by atoms with E-state index in [1.54, 1.807) is 24.4 Å². The zero-order valence-corrected chi connectivity index (χ0v) is 12.3. The molecule has 0 bridgehead atoms. The van der Waals surface area contributed by atoms with E-state index in [4.69, 9.17) is 0 Å². The van der Waals surface area contributed by atoms with Crippen LogP contribution in [0.25, 0.3) is 10.9 Å². The zero-order chi connectivity index (χ0) is 14.8. The maximum Gasteiger partial charge on any atom is 0.286 e. The van der Waals surface area contributed by atoms with Crippen molar-refractivity contribution in [3.05, 3.63) is 58.5 Å². The van der Waals surface area contributed by atoms with Crippen LogP contribution in [-0.4, -0.2) is 21.8 Å². The number of carbonyl (C=O) groups is 2. The van der Waals surface area contributed by atoms with Gasteiger partial charge in [-0.1, -0.05) is 22.0 Å². The molecular weight excluding hydrogens is 336 g/mol. The minimum atomic E-state index is -0.415. The highest BCUT2D eigenvalue weighted by Crippen LogP contribution is 2.20. The van der Waals surface area contributed by atoms with E-state index in [2.05, 4.69) is 36.7 Å². The number of hydrogen-bond donors (Lipinski definition) is 4. The molecule has 3 aromatic rings. The second-order valence-electron chi connectivity index (χ2n) is 4.41. The summed E-state index contributed by atoms with van der Waals surface area (Å²) in [7, 11) is 0. The molecule has 0 saturated heterocycles. The SMILES string of the molecule is O=C(NNC(=O)c1cc2ccc(Br)cc2[nH]1)c1ccc[nH]1. The highest BCUT2D eigenvalue weighted by Gasteiger charge is 2.11. The molecule has 0 aliphatic carbocycles. The molecule has 0 fully saturated rings. The Hall–Kier alpha value is -2.54. The van der Waals surface area contributed by atoms with Crippen LogP contribution < -0.4 is 10.9 Å². The Labute approximate surface area is 128 Å². The second-order valence-corrected chi connectivity index (χ2v) is 5.32. The number of rotatable bonds is 2. The summed E-state index contributed by atoms with van der Waals surface area (Å²) in [6.07, 6.45) is 1.63. The number of fused-ring (bicyclic) bond motifs is 1. The number of nitrogens with one attached hydrogen (secondary N) is 4. The molecule has 106 valence electrons. The lowest BCUT2D eigenvalue weighted by atomic mass is 10.2. The first-order valence-corrected chi connectivity index (χ1v) is 6.95. The molecule has 7 heteroatoms. The van der Waals surface area contributed by atoms with Gasteiger partial charge in [0.1, 0.15) is 11.4 Å². The zero-order valence-electron chi connectivity index (χ0n) is 10.7. The normalized spacial score (nSPS) is 10.5. The molecule has 3 rings (SSSR count). The third-order valence-electron chi connectivity index (χ3n) is 2.96. The average Bonchev–Trinajstić information content (AvgIpc) is 3.12. The summed E-state index contributed by atoms with van der Waals surface area (Å²) in [5.41, 5.74) is 6.28. The van der Waals surface area contributed by atoms with Gasteiger partial charge in [-0.2, -0.15) is 0 Å². The number of aromatic nitrogens is 2. The summed E-state index contributed by atoms with van der Waals surface area (Å²) in [6, 6.07) is 10.7. The van der Waals surface area contributed by atoms with Gasteiger partial charge in [0.05, 0.1) is 0 Å². The van der Waals surface area contributed by atoms with Gasteiger partial charge in [0.25, 0.3) is 11.8 Å². The van der Waals surface area contributed by atoms with Gasteiger partial charge in [0, 0.05) is 21.6 Å². The highest BCUT2D eigenvalue weighted by molar-refractivity contribution is 9.10. The summed E-state index contributed by atoms with van der Waals surface area (Å²) in [5.74, 6) is -0.825. The van der Waals surface area contributed by atoms with E-state index >= 15 is 0 Å². The number of halogens is 1. The monoisotopic (exact) mass is 346 g/mol. The third-order valence-corrected chi connectivity index (χ3v) is 3.45. The minimum absolute atomic E-state index is 0.370. The van der Waals surface area contributed by atoms with Gasteiger partial charge in [-0.3, -0.25) is 20.4 Å². The van der Waals surface area contributed by atoms with Crippen molar-refractivity contribution in [2.75, 3.05) is 0 Å². The fourth-order valence-electron chi connectivity index (χ4n) is 1.94. The van der Waals surface area contributed by atoms with Crippen molar-refractivity contribution in [2.24, 2.45) is 0 Å². The lowest BCUT2D eigenvalue weighted by Crippen LogP contribution is -2.41. The molecule has 21 heavy (non-hydrogen) atoms. The minimum Gasteiger partial charge on any atom is -0.357 e. The molecule has 0 saturated carbocycles.